The number of aryl methyl sites for hydroxylation is 2. The van der Waals surface area contributed by atoms with E-state index < -0.39 is 6.61 Å². The molecule has 0 saturated carbocycles. The molecule has 0 amide bonds. The van der Waals surface area contributed by atoms with E-state index in [9.17, 15) is 10.2 Å². The third kappa shape index (κ3) is 8.73. The predicted molar refractivity (Wildman–Crippen MR) is 100 cm³/mol. The number of ether oxygens (including phenoxy) is 1. The van der Waals surface area contributed by atoms with Crippen LogP contribution in [0.5, 0.6) is 11.5 Å². The number of hydrogen-bond donors (Lipinski definition) is 4. The zero-order valence-electron chi connectivity index (χ0n) is 15.9. The molecule has 0 aliphatic rings. The molecule has 138 valence electrons. The minimum Gasteiger partial charge on any atom is -0.851 e. The van der Waals surface area contributed by atoms with E-state index in [1.807, 2.05) is 26.0 Å². The van der Waals surface area contributed by atoms with Gasteiger partial charge in [-0.2, -0.15) is 0 Å². The van der Waals surface area contributed by atoms with Crippen LogP contribution in [0.1, 0.15) is 22.3 Å². The van der Waals surface area contributed by atoms with E-state index >= 15 is 0 Å². The van der Waals surface area contributed by atoms with Crippen molar-refractivity contribution in [3.8, 4) is 11.5 Å². The van der Waals surface area contributed by atoms with Crippen LogP contribution in [0, 0.1) is 13.8 Å². The molecule has 0 atom stereocenters. The standard InChI is InChI=1S/C10H14NO3.C9H12OS.K/c12-4-3-11-6-8-1-2-9(7-13)10(14)5-8;1-6-4-8(10-3)5-7(2)9(6)11;/h1-2,5,11-12,14H,3-4,6-7H2;4-5,11H,1-3H3;/q-1;;+1. The summed E-state index contributed by atoms with van der Waals surface area (Å²) < 4.78 is 5.10. The second-order valence-corrected chi connectivity index (χ2v) is 6.06. The van der Waals surface area contributed by atoms with E-state index in [2.05, 4.69) is 17.9 Å². The molecule has 2 rings (SSSR count). The minimum atomic E-state index is -0.407. The van der Waals surface area contributed by atoms with Crippen LogP contribution in [0.2, 0.25) is 0 Å². The molecule has 26 heavy (non-hydrogen) atoms. The van der Waals surface area contributed by atoms with Crippen molar-refractivity contribution in [3.63, 3.8) is 0 Å². The Bertz CT molecular complexity index is 660. The van der Waals surface area contributed by atoms with Gasteiger partial charge in [0.05, 0.1) is 13.7 Å². The average molecular weight is 404 g/mol. The second kappa shape index (κ2) is 14.0. The number of methoxy groups -OCH3 is 1. The van der Waals surface area contributed by atoms with Gasteiger partial charge in [-0.15, -0.1) is 19.2 Å². The summed E-state index contributed by atoms with van der Waals surface area (Å²) in [6.07, 6.45) is 0. The predicted octanol–water partition coefficient (Wildman–Crippen LogP) is -1.06. The van der Waals surface area contributed by atoms with Crippen molar-refractivity contribution in [1.82, 2.24) is 5.32 Å². The van der Waals surface area contributed by atoms with Crippen LogP contribution in [0.25, 0.3) is 0 Å². The molecule has 0 radical (unpaired) electrons. The molecule has 0 aliphatic carbocycles. The van der Waals surface area contributed by atoms with Crippen LogP contribution < -0.4 is 66.5 Å². The third-order valence-corrected chi connectivity index (χ3v) is 4.33. The summed E-state index contributed by atoms with van der Waals surface area (Å²) in [6, 6.07) is 8.94. The van der Waals surface area contributed by atoms with Crippen LogP contribution >= 0.6 is 12.6 Å². The Morgan fingerprint density at radius 2 is 1.77 bits per heavy atom. The zero-order valence-corrected chi connectivity index (χ0v) is 19.9. The van der Waals surface area contributed by atoms with Gasteiger partial charge in [-0.25, -0.2) is 0 Å². The topological polar surface area (TPSA) is 84.8 Å². The van der Waals surface area contributed by atoms with Crippen molar-refractivity contribution < 1.29 is 71.4 Å². The van der Waals surface area contributed by atoms with E-state index in [-0.39, 0.29) is 63.7 Å². The van der Waals surface area contributed by atoms with Crippen molar-refractivity contribution in [2.75, 3.05) is 20.3 Å². The fraction of sp³-hybridized carbons (Fsp3) is 0.368. The summed E-state index contributed by atoms with van der Waals surface area (Å²) >= 11 is 4.34. The maximum atomic E-state index is 10.5. The SMILES string of the molecule is COc1cc(C)c(S)c(C)c1.[K+].[O-]Cc1ccc(CNCCO)cc1O. The van der Waals surface area contributed by atoms with Crippen molar-refractivity contribution in [3.05, 3.63) is 52.6 Å². The van der Waals surface area contributed by atoms with Crippen molar-refractivity contribution in [2.45, 2.75) is 31.9 Å². The largest absolute Gasteiger partial charge is 1.00 e. The first kappa shape index (κ1) is 25.9. The number of hydrogen-bond acceptors (Lipinski definition) is 6. The van der Waals surface area contributed by atoms with Gasteiger partial charge in [0.15, 0.2) is 0 Å². The summed E-state index contributed by atoms with van der Waals surface area (Å²) in [5, 5.41) is 31.4. The van der Waals surface area contributed by atoms with Crippen molar-refractivity contribution in [1.29, 1.82) is 0 Å². The number of aliphatic hydroxyl groups excluding tert-OH is 1. The fourth-order valence-corrected chi connectivity index (χ4v) is 2.32. The Hall–Kier alpha value is -0.0936. The zero-order chi connectivity index (χ0) is 18.8. The number of aliphatic hydroxyl groups is 1. The molecule has 0 spiro atoms. The first-order valence-electron chi connectivity index (χ1n) is 7.97. The number of phenols is 1. The van der Waals surface area contributed by atoms with Crippen molar-refractivity contribution in [2.24, 2.45) is 0 Å². The molecule has 2 aromatic carbocycles. The summed E-state index contributed by atoms with van der Waals surface area (Å²) in [5.41, 5.74) is 3.62. The van der Waals surface area contributed by atoms with Gasteiger partial charge < -0.3 is 25.4 Å². The molecule has 3 N–H and O–H groups in total. The molecule has 0 saturated heterocycles. The number of benzene rings is 2. The number of aromatic hydroxyl groups is 1. The van der Waals surface area contributed by atoms with Gasteiger partial charge in [0.1, 0.15) is 11.5 Å². The van der Waals surface area contributed by atoms with Gasteiger partial charge >= 0.3 is 51.4 Å². The number of rotatable bonds is 6. The fourth-order valence-electron chi connectivity index (χ4n) is 2.19. The first-order chi connectivity index (χ1) is 11.9. The normalized spacial score (nSPS) is 9.77. The van der Waals surface area contributed by atoms with Gasteiger partial charge in [-0.05, 0) is 54.3 Å². The molecule has 5 nitrogen and oxygen atoms in total. The molecule has 0 unspecified atom stereocenters. The van der Waals surface area contributed by atoms with Crippen LogP contribution in [-0.4, -0.2) is 30.5 Å². The molecular formula is C19H26KNO4S. The van der Waals surface area contributed by atoms with Gasteiger partial charge in [0, 0.05) is 18.0 Å². The summed E-state index contributed by atoms with van der Waals surface area (Å²) in [7, 11) is 1.67. The molecule has 0 heterocycles. The van der Waals surface area contributed by atoms with Crippen LogP contribution in [-0.2, 0) is 13.2 Å². The van der Waals surface area contributed by atoms with E-state index in [1.54, 1.807) is 25.3 Å². The summed E-state index contributed by atoms with van der Waals surface area (Å²) in [6.45, 7) is 4.83. The Kier molecular flexibility index (Phi) is 13.9. The van der Waals surface area contributed by atoms with Crippen molar-refractivity contribution >= 4 is 12.6 Å². The Morgan fingerprint density at radius 3 is 2.23 bits per heavy atom. The Morgan fingerprint density at radius 1 is 1.15 bits per heavy atom. The molecular weight excluding hydrogens is 377 g/mol. The maximum Gasteiger partial charge on any atom is 1.00 e. The van der Waals surface area contributed by atoms with Crippen LogP contribution in [0.3, 0.4) is 0 Å². The van der Waals surface area contributed by atoms with E-state index in [4.69, 9.17) is 9.84 Å². The van der Waals surface area contributed by atoms with Crippen LogP contribution in [0.15, 0.2) is 35.2 Å². The second-order valence-electron chi connectivity index (χ2n) is 5.62. The molecule has 0 fully saturated rings. The van der Waals surface area contributed by atoms with E-state index in [1.165, 1.54) is 0 Å². The monoisotopic (exact) mass is 403 g/mol. The quantitative estimate of drug-likeness (QED) is 0.281. The smallest absolute Gasteiger partial charge is 0.851 e. The maximum absolute atomic E-state index is 10.5. The van der Waals surface area contributed by atoms with Gasteiger partial charge in [-0.1, -0.05) is 12.1 Å². The molecule has 0 aliphatic heterocycles. The van der Waals surface area contributed by atoms with Gasteiger partial charge in [0.2, 0.25) is 0 Å². The number of phenolic OH excluding ortho intramolecular Hbond substituents is 1. The van der Waals surface area contributed by atoms with Gasteiger partial charge in [0.25, 0.3) is 0 Å². The third-order valence-electron chi connectivity index (χ3n) is 3.62. The van der Waals surface area contributed by atoms with E-state index in [0.29, 0.717) is 18.7 Å². The Balaban J connectivity index is 0.000000475. The first-order valence-corrected chi connectivity index (χ1v) is 8.42. The molecule has 7 heteroatoms. The van der Waals surface area contributed by atoms with Crippen LogP contribution in [0.4, 0.5) is 0 Å². The van der Waals surface area contributed by atoms with E-state index in [0.717, 1.165) is 27.3 Å². The molecule has 0 aromatic heterocycles. The summed E-state index contributed by atoms with van der Waals surface area (Å²) in [4.78, 5) is 1.05. The average Bonchev–Trinajstić information content (AvgIpc) is 2.60. The number of thiol groups is 1. The minimum absolute atomic E-state index is 0. The van der Waals surface area contributed by atoms with Gasteiger partial charge in [-0.3, -0.25) is 0 Å². The molecule has 0 bridgehead atoms. The summed E-state index contributed by atoms with van der Waals surface area (Å²) in [5.74, 6) is 0.945. The Labute approximate surface area is 203 Å². The number of nitrogens with one attached hydrogen (secondary N) is 1. The molecule has 2 aromatic rings.